The van der Waals surface area contributed by atoms with Crippen LogP contribution in [-0.4, -0.2) is 25.5 Å². The molecule has 84 valence electrons. The molecule has 0 saturated heterocycles. The molecule has 0 bridgehead atoms. The topological polar surface area (TPSA) is 3.24 Å². The molecule has 1 aromatic rings. The largest absolute Gasteiger partial charge is 0.305 e. The van der Waals surface area contributed by atoms with Gasteiger partial charge in [-0.2, -0.15) is 0 Å². The van der Waals surface area contributed by atoms with Gasteiger partial charge in [0.1, 0.15) is 0 Å². The van der Waals surface area contributed by atoms with E-state index in [1.54, 1.807) is 0 Å². The predicted octanol–water partition coefficient (Wildman–Crippen LogP) is 3.59. The normalized spacial score (nSPS) is 19.2. The molecule has 0 N–H and O–H groups in total. The van der Waals surface area contributed by atoms with Crippen molar-refractivity contribution < 1.29 is 0 Å². The van der Waals surface area contributed by atoms with Crippen molar-refractivity contribution >= 4 is 15.9 Å². The van der Waals surface area contributed by atoms with Gasteiger partial charge in [-0.3, -0.25) is 0 Å². The molecule has 0 aliphatic heterocycles. The van der Waals surface area contributed by atoms with Gasteiger partial charge in [-0.05, 0) is 37.4 Å². The van der Waals surface area contributed by atoms with E-state index in [1.165, 1.54) is 11.1 Å². The van der Waals surface area contributed by atoms with Crippen LogP contribution in [0.3, 0.4) is 0 Å². The third-order valence-corrected chi connectivity index (χ3v) is 3.19. The Kier molecular flexibility index (Phi) is 3.62. The molecule has 1 aliphatic carbocycles. The first-order valence-corrected chi connectivity index (χ1v) is 6.23. The van der Waals surface area contributed by atoms with E-state index in [-0.39, 0.29) is 0 Å². The van der Waals surface area contributed by atoms with Crippen LogP contribution in [0.5, 0.6) is 0 Å². The lowest BCUT2D eigenvalue weighted by molar-refractivity contribution is 0.449. The predicted molar refractivity (Wildman–Crippen MR) is 72.7 cm³/mol. The van der Waals surface area contributed by atoms with Gasteiger partial charge in [-0.1, -0.05) is 46.3 Å². The molecular weight excluding hydrogens is 262 g/mol. The lowest BCUT2D eigenvalue weighted by Gasteiger charge is -2.09. The molecule has 0 spiro atoms. The molecule has 1 aromatic carbocycles. The Hall–Kier alpha value is -0.860. The Balaban J connectivity index is 2.11. The number of hydrogen-bond acceptors (Lipinski definition) is 1. The van der Waals surface area contributed by atoms with Gasteiger partial charge in [-0.25, -0.2) is 0 Å². The number of hydrogen-bond donors (Lipinski definition) is 0. The van der Waals surface area contributed by atoms with Gasteiger partial charge in [0.2, 0.25) is 0 Å². The molecule has 1 aliphatic rings. The van der Waals surface area contributed by atoms with E-state index in [0.717, 1.165) is 11.0 Å². The molecule has 0 radical (unpaired) electrons. The van der Waals surface area contributed by atoms with Crippen molar-refractivity contribution in [1.82, 2.24) is 4.90 Å². The molecule has 2 rings (SSSR count). The Morgan fingerprint density at radius 2 is 1.88 bits per heavy atom. The van der Waals surface area contributed by atoms with Gasteiger partial charge in [-0.15, -0.1) is 0 Å². The second kappa shape index (κ2) is 4.98. The van der Waals surface area contributed by atoms with Crippen molar-refractivity contribution in [2.45, 2.75) is 5.92 Å². The molecule has 0 heterocycles. The summed E-state index contributed by atoms with van der Waals surface area (Å²) < 4.78 is 1.13. The van der Waals surface area contributed by atoms with Crippen LogP contribution in [-0.2, 0) is 0 Å². The van der Waals surface area contributed by atoms with Crippen molar-refractivity contribution in [3.63, 3.8) is 0 Å². The third-order valence-electron chi connectivity index (χ3n) is 2.66. The first kappa shape index (κ1) is 11.6. The highest BCUT2D eigenvalue weighted by atomic mass is 79.9. The number of rotatable bonds is 3. The first-order valence-electron chi connectivity index (χ1n) is 5.44. The van der Waals surface area contributed by atoms with E-state index in [2.05, 4.69) is 77.4 Å². The van der Waals surface area contributed by atoms with Crippen molar-refractivity contribution in [2.75, 3.05) is 20.6 Å². The summed E-state index contributed by atoms with van der Waals surface area (Å²) in [5, 5.41) is 0. The molecule has 1 atom stereocenters. The van der Waals surface area contributed by atoms with E-state index >= 15 is 0 Å². The number of allylic oxidation sites excluding steroid dienone is 2. The molecule has 0 fully saturated rings. The summed E-state index contributed by atoms with van der Waals surface area (Å²) in [6.45, 7) is 1.02. The molecule has 0 saturated carbocycles. The standard InChI is InChI=1S/C14H16BrN/c1-16(2)10-11-3-4-13(9-11)12-5-7-14(15)8-6-12/h3-9,13H,10H2,1-2H3. The number of nitrogens with zero attached hydrogens (tertiary/aromatic N) is 1. The van der Waals surface area contributed by atoms with E-state index in [4.69, 9.17) is 0 Å². The zero-order valence-corrected chi connectivity index (χ0v) is 11.2. The average molecular weight is 278 g/mol. The van der Waals surface area contributed by atoms with Gasteiger partial charge in [0.05, 0.1) is 0 Å². The van der Waals surface area contributed by atoms with Crippen LogP contribution in [0.2, 0.25) is 0 Å². The molecule has 16 heavy (non-hydrogen) atoms. The van der Waals surface area contributed by atoms with Crippen molar-refractivity contribution in [3.8, 4) is 0 Å². The Labute approximate surface area is 106 Å². The highest BCUT2D eigenvalue weighted by Gasteiger charge is 2.11. The lowest BCUT2D eigenvalue weighted by Crippen LogP contribution is -2.13. The summed E-state index contributed by atoms with van der Waals surface area (Å²) in [5.74, 6) is 0.447. The SMILES string of the molecule is CN(C)CC1=CC(c2ccc(Br)cc2)C=C1. The molecule has 0 aromatic heterocycles. The van der Waals surface area contributed by atoms with E-state index < -0.39 is 0 Å². The maximum Gasteiger partial charge on any atom is 0.0224 e. The van der Waals surface area contributed by atoms with Gasteiger partial charge >= 0.3 is 0 Å². The summed E-state index contributed by atoms with van der Waals surface area (Å²) in [7, 11) is 4.20. The minimum Gasteiger partial charge on any atom is -0.305 e. The first-order chi connectivity index (χ1) is 7.65. The lowest BCUT2D eigenvalue weighted by atomic mass is 10.0. The van der Waals surface area contributed by atoms with Crippen molar-refractivity contribution in [3.05, 3.63) is 58.1 Å². The van der Waals surface area contributed by atoms with E-state index in [1.807, 2.05) is 0 Å². The maximum absolute atomic E-state index is 3.46. The fourth-order valence-corrected chi connectivity index (χ4v) is 2.20. The maximum atomic E-state index is 3.46. The van der Waals surface area contributed by atoms with Crippen molar-refractivity contribution in [2.24, 2.45) is 0 Å². The Morgan fingerprint density at radius 3 is 2.50 bits per heavy atom. The summed E-state index contributed by atoms with van der Waals surface area (Å²) >= 11 is 3.46. The Bertz CT molecular complexity index is 415. The number of halogens is 1. The van der Waals surface area contributed by atoms with E-state index in [0.29, 0.717) is 5.92 Å². The highest BCUT2D eigenvalue weighted by molar-refractivity contribution is 9.10. The number of likely N-dealkylation sites (N-methyl/N-ethyl adjacent to an activating group) is 1. The van der Waals surface area contributed by atoms with Crippen LogP contribution in [0.4, 0.5) is 0 Å². The molecule has 0 amide bonds. The second-order valence-electron chi connectivity index (χ2n) is 4.42. The van der Waals surface area contributed by atoms with Crippen LogP contribution < -0.4 is 0 Å². The average Bonchev–Trinajstić information content (AvgIpc) is 2.66. The second-order valence-corrected chi connectivity index (χ2v) is 5.33. The molecule has 2 heteroatoms. The van der Waals surface area contributed by atoms with Gasteiger partial charge in [0.15, 0.2) is 0 Å². The fraction of sp³-hybridized carbons (Fsp3) is 0.286. The third kappa shape index (κ3) is 2.83. The van der Waals surface area contributed by atoms with Crippen LogP contribution in [0.1, 0.15) is 11.5 Å². The Morgan fingerprint density at radius 1 is 1.19 bits per heavy atom. The van der Waals surface area contributed by atoms with Crippen LogP contribution in [0, 0.1) is 0 Å². The monoisotopic (exact) mass is 277 g/mol. The minimum atomic E-state index is 0.447. The van der Waals surface area contributed by atoms with Crippen molar-refractivity contribution in [1.29, 1.82) is 0 Å². The van der Waals surface area contributed by atoms with Crippen LogP contribution >= 0.6 is 15.9 Å². The smallest absolute Gasteiger partial charge is 0.0224 e. The summed E-state index contributed by atoms with van der Waals surface area (Å²) in [6.07, 6.45) is 6.83. The van der Waals surface area contributed by atoms with Gasteiger partial charge in [0, 0.05) is 16.9 Å². The van der Waals surface area contributed by atoms with Crippen LogP contribution in [0.15, 0.2) is 52.5 Å². The zero-order valence-electron chi connectivity index (χ0n) is 9.65. The summed E-state index contributed by atoms with van der Waals surface area (Å²) in [4.78, 5) is 2.19. The fourth-order valence-electron chi connectivity index (χ4n) is 1.93. The van der Waals surface area contributed by atoms with Gasteiger partial charge < -0.3 is 4.90 Å². The van der Waals surface area contributed by atoms with Crippen LogP contribution in [0.25, 0.3) is 0 Å². The zero-order chi connectivity index (χ0) is 11.5. The molecular formula is C14H16BrN. The molecule has 1 unspecified atom stereocenters. The number of benzene rings is 1. The van der Waals surface area contributed by atoms with Gasteiger partial charge in [0.25, 0.3) is 0 Å². The highest BCUT2D eigenvalue weighted by Crippen LogP contribution is 2.27. The molecule has 1 nitrogen and oxygen atoms in total. The summed E-state index contributed by atoms with van der Waals surface area (Å²) in [6, 6.07) is 8.55. The quantitative estimate of drug-likeness (QED) is 0.816. The summed E-state index contributed by atoms with van der Waals surface area (Å²) in [5.41, 5.74) is 2.76. The minimum absolute atomic E-state index is 0.447. The van der Waals surface area contributed by atoms with E-state index in [9.17, 15) is 0 Å².